The van der Waals surface area contributed by atoms with E-state index in [2.05, 4.69) is 41.3 Å². The molecule has 1 atom stereocenters. The summed E-state index contributed by atoms with van der Waals surface area (Å²) >= 11 is 0. The van der Waals surface area contributed by atoms with E-state index in [0.717, 1.165) is 19.6 Å². The van der Waals surface area contributed by atoms with Crippen molar-refractivity contribution < 1.29 is 13.2 Å². The van der Waals surface area contributed by atoms with Crippen molar-refractivity contribution >= 4 is 5.95 Å². The van der Waals surface area contributed by atoms with E-state index in [1.807, 2.05) is 4.90 Å². The number of likely N-dealkylation sites (N-methyl/N-ethyl adjacent to an activating group) is 1. The summed E-state index contributed by atoms with van der Waals surface area (Å²) < 4.78 is 38.9. The minimum absolute atomic E-state index is 0.0351. The lowest BCUT2D eigenvalue weighted by Crippen LogP contribution is -2.58. The fourth-order valence-electron chi connectivity index (χ4n) is 2.71. The highest BCUT2D eigenvalue weighted by Gasteiger charge is 2.34. The molecule has 22 heavy (non-hydrogen) atoms. The molecule has 1 aliphatic rings. The highest BCUT2D eigenvalue weighted by atomic mass is 19.4. The van der Waals surface area contributed by atoms with E-state index in [-0.39, 0.29) is 12.1 Å². The Bertz CT molecular complexity index is 498. The summed E-state index contributed by atoms with van der Waals surface area (Å²) in [4.78, 5) is 4.30. The predicted molar refractivity (Wildman–Crippen MR) is 76.6 cm³/mol. The van der Waals surface area contributed by atoms with Gasteiger partial charge in [-0.3, -0.25) is 4.90 Å². The second-order valence-corrected chi connectivity index (χ2v) is 6.74. The van der Waals surface area contributed by atoms with Gasteiger partial charge in [0.2, 0.25) is 5.95 Å². The Balaban J connectivity index is 2.07. The van der Waals surface area contributed by atoms with Gasteiger partial charge >= 0.3 is 6.18 Å². The maximum Gasteiger partial charge on any atom is 0.389 e. The molecule has 1 fully saturated rings. The van der Waals surface area contributed by atoms with Crippen LogP contribution in [0.4, 0.5) is 19.1 Å². The van der Waals surface area contributed by atoms with E-state index >= 15 is 0 Å². The molecule has 0 unspecified atom stereocenters. The molecule has 1 aromatic rings. The smallest absolute Gasteiger partial charge is 0.337 e. The largest absolute Gasteiger partial charge is 0.389 e. The van der Waals surface area contributed by atoms with Crippen LogP contribution in [0.2, 0.25) is 0 Å². The second kappa shape index (κ2) is 6.02. The van der Waals surface area contributed by atoms with Crippen LogP contribution in [0.3, 0.4) is 0 Å². The molecule has 126 valence electrons. The van der Waals surface area contributed by atoms with E-state index in [1.54, 1.807) is 6.92 Å². The first-order valence-electron chi connectivity index (χ1n) is 7.37. The van der Waals surface area contributed by atoms with Crippen LogP contribution in [0.5, 0.6) is 0 Å². The van der Waals surface area contributed by atoms with Gasteiger partial charge in [-0.15, -0.1) is 0 Å². The highest BCUT2D eigenvalue weighted by Crippen LogP contribution is 2.27. The van der Waals surface area contributed by atoms with Crippen molar-refractivity contribution in [3.8, 4) is 0 Å². The molecule has 0 amide bonds. The lowest BCUT2D eigenvalue weighted by molar-refractivity contribution is -0.144. The average Bonchev–Trinajstić information content (AvgIpc) is 2.78. The van der Waals surface area contributed by atoms with Gasteiger partial charge in [0.05, 0.1) is 0 Å². The van der Waals surface area contributed by atoms with Crippen molar-refractivity contribution in [3.63, 3.8) is 0 Å². The standard InChI is InChI=1S/C13H23F3N6/c1-10(7-13(14,15)16)8-22-11(17-18-19-22)21-6-5-20(4)12(2,3)9-21/h10H,5-9H2,1-4H3/t10-/m1/s1. The predicted octanol–water partition coefficient (Wildman–Crippen LogP) is 1.79. The number of halogens is 3. The fraction of sp³-hybridized carbons (Fsp3) is 0.923. The number of piperazine rings is 1. The molecule has 1 saturated heterocycles. The first kappa shape index (κ1) is 17.0. The molecule has 0 aliphatic carbocycles. The summed E-state index contributed by atoms with van der Waals surface area (Å²) in [7, 11) is 2.06. The first-order valence-corrected chi connectivity index (χ1v) is 7.37. The summed E-state index contributed by atoms with van der Waals surface area (Å²) in [5.41, 5.74) is -0.0351. The van der Waals surface area contributed by atoms with Crippen LogP contribution in [0.15, 0.2) is 0 Å². The van der Waals surface area contributed by atoms with E-state index in [1.165, 1.54) is 4.68 Å². The average molecular weight is 320 g/mol. The molecule has 2 heterocycles. The van der Waals surface area contributed by atoms with Gasteiger partial charge in [0.1, 0.15) is 0 Å². The van der Waals surface area contributed by atoms with Crippen molar-refractivity contribution in [3.05, 3.63) is 0 Å². The molecule has 0 radical (unpaired) electrons. The fourth-order valence-corrected chi connectivity index (χ4v) is 2.71. The lowest BCUT2D eigenvalue weighted by atomic mass is 10.00. The molecule has 0 aromatic carbocycles. The number of hydrogen-bond donors (Lipinski definition) is 0. The van der Waals surface area contributed by atoms with Gasteiger partial charge in [-0.25, -0.2) is 4.68 Å². The normalized spacial score (nSPS) is 21.1. The van der Waals surface area contributed by atoms with Gasteiger partial charge in [-0.2, -0.15) is 13.2 Å². The molecule has 1 aliphatic heterocycles. The number of nitrogens with zero attached hydrogens (tertiary/aromatic N) is 6. The van der Waals surface area contributed by atoms with Crippen LogP contribution in [0.25, 0.3) is 0 Å². The molecule has 6 nitrogen and oxygen atoms in total. The van der Waals surface area contributed by atoms with Gasteiger partial charge < -0.3 is 4.90 Å². The third kappa shape index (κ3) is 4.08. The third-order valence-electron chi connectivity index (χ3n) is 4.18. The van der Waals surface area contributed by atoms with Crippen molar-refractivity contribution in [2.75, 3.05) is 31.6 Å². The van der Waals surface area contributed by atoms with Crippen molar-refractivity contribution in [2.24, 2.45) is 5.92 Å². The molecule has 0 saturated carbocycles. The molecular formula is C13H23F3N6. The zero-order valence-corrected chi connectivity index (χ0v) is 13.4. The first-order chi connectivity index (χ1) is 10.1. The summed E-state index contributed by atoms with van der Waals surface area (Å²) in [6, 6.07) is 0. The Morgan fingerprint density at radius 2 is 1.95 bits per heavy atom. The Morgan fingerprint density at radius 3 is 2.55 bits per heavy atom. The maximum atomic E-state index is 12.5. The number of anilines is 1. The van der Waals surface area contributed by atoms with Crippen LogP contribution in [0.1, 0.15) is 27.2 Å². The minimum atomic E-state index is -4.16. The van der Waals surface area contributed by atoms with Crippen molar-refractivity contribution in [1.82, 2.24) is 25.1 Å². The molecule has 9 heteroatoms. The molecule has 0 spiro atoms. The Hall–Kier alpha value is -1.38. The monoisotopic (exact) mass is 320 g/mol. The number of rotatable bonds is 4. The Kier molecular flexibility index (Phi) is 4.65. The quantitative estimate of drug-likeness (QED) is 0.846. The number of tetrazole rings is 1. The van der Waals surface area contributed by atoms with Crippen LogP contribution in [-0.4, -0.2) is 63.5 Å². The molecular weight excluding hydrogens is 297 g/mol. The van der Waals surface area contributed by atoms with Crippen LogP contribution in [-0.2, 0) is 6.54 Å². The molecule has 1 aromatic heterocycles. The summed E-state index contributed by atoms with van der Waals surface area (Å²) in [6.45, 7) is 8.32. The second-order valence-electron chi connectivity index (χ2n) is 6.74. The topological polar surface area (TPSA) is 50.1 Å². The summed E-state index contributed by atoms with van der Waals surface area (Å²) in [5, 5.41) is 11.5. The van der Waals surface area contributed by atoms with Crippen molar-refractivity contribution in [1.29, 1.82) is 0 Å². The molecule has 2 rings (SSSR count). The zero-order valence-electron chi connectivity index (χ0n) is 13.4. The van der Waals surface area contributed by atoms with Crippen LogP contribution >= 0.6 is 0 Å². The molecule has 0 bridgehead atoms. The SMILES string of the molecule is C[C@@H](Cn1nnnc1N1CCN(C)C(C)(C)C1)CC(F)(F)F. The number of hydrogen-bond acceptors (Lipinski definition) is 5. The maximum absolute atomic E-state index is 12.5. The third-order valence-corrected chi connectivity index (χ3v) is 4.18. The highest BCUT2D eigenvalue weighted by molar-refractivity contribution is 5.30. The Morgan fingerprint density at radius 1 is 1.27 bits per heavy atom. The Labute approximate surface area is 128 Å². The van der Waals surface area contributed by atoms with Crippen molar-refractivity contribution in [2.45, 2.75) is 45.5 Å². The van der Waals surface area contributed by atoms with Gasteiger partial charge in [-0.05, 0) is 37.2 Å². The van der Waals surface area contributed by atoms with E-state index in [0.29, 0.717) is 5.95 Å². The van der Waals surface area contributed by atoms with Crippen LogP contribution < -0.4 is 4.90 Å². The van der Waals surface area contributed by atoms with Gasteiger partial charge in [0, 0.05) is 38.1 Å². The van der Waals surface area contributed by atoms with Crippen LogP contribution in [0, 0.1) is 5.92 Å². The van der Waals surface area contributed by atoms with Gasteiger partial charge in [0.25, 0.3) is 0 Å². The molecule has 0 N–H and O–H groups in total. The number of alkyl halides is 3. The van der Waals surface area contributed by atoms with E-state index < -0.39 is 18.5 Å². The van der Waals surface area contributed by atoms with Gasteiger partial charge in [-0.1, -0.05) is 12.0 Å². The van der Waals surface area contributed by atoms with Gasteiger partial charge in [0.15, 0.2) is 0 Å². The minimum Gasteiger partial charge on any atom is -0.337 e. The number of aromatic nitrogens is 4. The lowest BCUT2D eigenvalue weighted by Gasteiger charge is -2.45. The van der Waals surface area contributed by atoms with E-state index in [9.17, 15) is 13.2 Å². The summed E-state index contributed by atoms with van der Waals surface area (Å²) in [5.74, 6) is -0.0158. The summed E-state index contributed by atoms with van der Waals surface area (Å²) in [6.07, 6.45) is -5.00. The zero-order chi connectivity index (χ0) is 16.5. The van der Waals surface area contributed by atoms with E-state index in [4.69, 9.17) is 0 Å².